The van der Waals surface area contributed by atoms with Gasteiger partial charge in [0, 0.05) is 17.8 Å². The standard InChI is InChI=1S/C26H23Cl2N3O2/c1-17-4-3-5-18(2)25(17)33-16-19-6-9-21(10-7-19)26(32)29-24-12-13-31(30-24)15-20-8-11-22(27)23(28)14-20/h3-14H,15-16H2,1-2H3,(H,29,30,32). The van der Waals surface area contributed by atoms with Crippen molar-refractivity contribution in [2.45, 2.75) is 27.0 Å². The molecule has 4 rings (SSSR count). The fourth-order valence-corrected chi connectivity index (χ4v) is 3.79. The predicted molar refractivity (Wildman–Crippen MR) is 132 cm³/mol. The van der Waals surface area contributed by atoms with Crippen LogP contribution < -0.4 is 10.1 Å². The zero-order valence-electron chi connectivity index (χ0n) is 18.3. The Balaban J connectivity index is 1.34. The highest BCUT2D eigenvalue weighted by Gasteiger charge is 2.10. The van der Waals surface area contributed by atoms with Crippen LogP contribution >= 0.6 is 23.2 Å². The van der Waals surface area contributed by atoms with Crippen molar-refractivity contribution in [1.82, 2.24) is 9.78 Å². The third-order valence-corrected chi connectivity index (χ3v) is 5.96. The van der Waals surface area contributed by atoms with Crippen LogP contribution in [0.2, 0.25) is 10.0 Å². The van der Waals surface area contributed by atoms with Gasteiger partial charge in [-0.05, 0) is 60.4 Å². The number of nitrogens with one attached hydrogen (secondary N) is 1. The molecule has 0 saturated carbocycles. The number of rotatable bonds is 7. The van der Waals surface area contributed by atoms with Gasteiger partial charge in [0.25, 0.3) is 5.91 Å². The molecule has 3 aromatic carbocycles. The van der Waals surface area contributed by atoms with Gasteiger partial charge in [-0.2, -0.15) is 5.10 Å². The first-order valence-corrected chi connectivity index (χ1v) is 11.2. The number of aryl methyl sites for hydroxylation is 2. The molecule has 0 atom stereocenters. The number of nitrogens with zero attached hydrogens (tertiary/aromatic N) is 2. The molecule has 0 spiro atoms. The van der Waals surface area contributed by atoms with E-state index in [-0.39, 0.29) is 5.91 Å². The van der Waals surface area contributed by atoms with Crippen LogP contribution in [0.25, 0.3) is 0 Å². The van der Waals surface area contributed by atoms with E-state index in [9.17, 15) is 4.79 Å². The minimum Gasteiger partial charge on any atom is -0.488 e. The van der Waals surface area contributed by atoms with Gasteiger partial charge in [-0.1, -0.05) is 59.6 Å². The molecule has 0 radical (unpaired) electrons. The predicted octanol–water partition coefficient (Wildman–Crippen LogP) is 6.69. The molecule has 7 heteroatoms. The third-order valence-electron chi connectivity index (χ3n) is 5.22. The Hall–Kier alpha value is -3.28. The van der Waals surface area contributed by atoms with Gasteiger partial charge in [-0.15, -0.1) is 0 Å². The van der Waals surface area contributed by atoms with E-state index in [1.54, 1.807) is 41.2 Å². The molecule has 0 aliphatic carbocycles. The summed E-state index contributed by atoms with van der Waals surface area (Å²) < 4.78 is 7.71. The van der Waals surface area contributed by atoms with Crippen molar-refractivity contribution < 1.29 is 9.53 Å². The fourth-order valence-electron chi connectivity index (χ4n) is 3.46. The Morgan fingerprint density at radius 3 is 2.33 bits per heavy atom. The van der Waals surface area contributed by atoms with Crippen molar-refractivity contribution in [1.29, 1.82) is 0 Å². The zero-order chi connectivity index (χ0) is 23.4. The minimum absolute atomic E-state index is 0.225. The van der Waals surface area contributed by atoms with E-state index >= 15 is 0 Å². The first kappa shape index (κ1) is 22.9. The number of hydrogen-bond donors (Lipinski definition) is 1. The summed E-state index contributed by atoms with van der Waals surface area (Å²) in [7, 11) is 0. The Morgan fingerprint density at radius 1 is 0.939 bits per heavy atom. The average molecular weight is 480 g/mol. The smallest absolute Gasteiger partial charge is 0.256 e. The van der Waals surface area contributed by atoms with Crippen LogP contribution in [0.5, 0.6) is 5.75 Å². The Morgan fingerprint density at radius 2 is 1.64 bits per heavy atom. The molecule has 0 unspecified atom stereocenters. The molecule has 1 aromatic heterocycles. The summed E-state index contributed by atoms with van der Waals surface area (Å²) in [5.41, 5.74) is 4.70. The van der Waals surface area contributed by atoms with E-state index < -0.39 is 0 Å². The number of carbonyl (C=O) groups is 1. The third kappa shape index (κ3) is 5.75. The molecule has 0 fully saturated rings. The molecule has 0 aliphatic rings. The average Bonchev–Trinajstić information content (AvgIpc) is 3.23. The lowest BCUT2D eigenvalue weighted by molar-refractivity contribution is 0.102. The van der Waals surface area contributed by atoms with Crippen LogP contribution in [0.1, 0.15) is 32.6 Å². The van der Waals surface area contributed by atoms with Gasteiger partial charge in [-0.3, -0.25) is 9.48 Å². The summed E-state index contributed by atoms with van der Waals surface area (Å²) in [4.78, 5) is 12.6. The van der Waals surface area contributed by atoms with Gasteiger partial charge in [-0.25, -0.2) is 0 Å². The first-order chi connectivity index (χ1) is 15.9. The molecule has 1 amide bonds. The highest BCUT2D eigenvalue weighted by molar-refractivity contribution is 6.42. The maximum absolute atomic E-state index is 12.6. The monoisotopic (exact) mass is 479 g/mol. The number of halogens is 2. The number of aromatic nitrogens is 2. The van der Waals surface area contributed by atoms with Gasteiger partial charge in [0.15, 0.2) is 5.82 Å². The summed E-state index contributed by atoms with van der Waals surface area (Å²) >= 11 is 12.0. The van der Waals surface area contributed by atoms with Gasteiger partial charge in [0.1, 0.15) is 12.4 Å². The molecule has 4 aromatic rings. The normalized spacial score (nSPS) is 10.8. The fraction of sp³-hybridized carbons (Fsp3) is 0.154. The second-order valence-corrected chi connectivity index (χ2v) is 8.62. The number of anilines is 1. The maximum Gasteiger partial charge on any atom is 0.256 e. The largest absolute Gasteiger partial charge is 0.488 e. The lowest BCUT2D eigenvalue weighted by Gasteiger charge is -2.12. The Bertz CT molecular complexity index is 1260. The van der Waals surface area contributed by atoms with Crippen molar-refractivity contribution in [3.63, 3.8) is 0 Å². The molecule has 1 heterocycles. The molecule has 1 N–H and O–H groups in total. The number of carbonyl (C=O) groups excluding carboxylic acids is 1. The topological polar surface area (TPSA) is 56.1 Å². The van der Waals surface area contributed by atoms with E-state index in [0.717, 1.165) is 28.0 Å². The number of benzene rings is 3. The van der Waals surface area contributed by atoms with Crippen LogP contribution in [-0.2, 0) is 13.2 Å². The van der Waals surface area contributed by atoms with Gasteiger partial charge >= 0.3 is 0 Å². The zero-order valence-corrected chi connectivity index (χ0v) is 19.8. The quantitative estimate of drug-likeness (QED) is 0.321. The SMILES string of the molecule is Cc1cccc(C)c1OCc1ccc(C(=O)Nc2ccn(Cc3ccc(Cl)c(Cl)c3)n2)cc1. The Kier molecular flexibility index (Phi) is 7.02. The van der Waals surface area contributed by atoms with Crippen molar-refractivity contribution in [2.75, 3.05) is 5.32 Å². The highest BCUT2D eigenvalue weighted by Crippen LogP contribution is 2.24. The molecular formula is C26H23Cl2N3O2. The van der Waals surface area contributed by atoms with Gasteiger partial charge in [0.05, 0.1) is 16.6 Å². The summed E-state index contributed by atoms with van der Waals surface area (Å²) in [5.74, 6) is 1.15. The highest BCUT2D eigenvalue weighted by atomic mass is 35.5. The molecule has 33 heavy (non-hydrogen) atoms. The molecule has 5 nitrogen and oxygen atoms in total. The Labute approximate surface area is 202 Å². The number of amides is 1. The van der Waals surface area contributed by atoms with Crippen LogP contribution in [0, 0.1) is 13.8 Å². The van der Waals surface area contributed by atoms with E-state index in [2.05, 4.69) is 10.4 Å². The van der Waals surface area contributed by atoms with E-state index in [4.69, 9.17) is 27.9 Å². The molecule has 168 valence electrons. The lowest BCUT2D eigenvalue weighted by Crippen LogP contribution is -2.13. The van der Waals surface area contributed by atoms with Gasteiger partial charge < -0.3 is 10.1 Å². The maximum atomic E-state index is 12.6. The minimum atomic E-state index is -0.225. The van der Waals surface area contributed by atoms with Crippen LogP contribution in [0.4, 0.5) is 5.82 Å². The van der Waals surface area contributed by atoms with Crippen LogP contribution in [-0.4, -0.2) is 15.7 Å². The van der Waals surface area contributed by atoms with Crippen molar-refractivity contribution in [3.8, 4) is 5.75 Å². The summed E-state index contributed by atoms with van der Waals surface area (Å²) in [6, 6.07) is 20.6. The number of hydrogen-bond acceptors (Lipinski definition) is 3. The number of ether oxygens (including phenoxy) is 1. The molecule has 0 bridgehead atoms. The number of para-hydroxylation sites is 1. The summed E-state index contributed by atoms with van der Waals surface area (Å²) in [5, 5.41) is 8.25. The molecular weight excluding hydrogens is 457 g/mol. The van der Waals surface area contributed by atoms with Crippen molar-refractivity contribution >= 4 is 34.9 Å². The molecule has 0 aliphatic heterocycles. The van der Waals surface area contributed by atoms with Gasteiger partial charge in [0.2, 0.25) is 0 Å². The molecule has 0 saturated heterocycles. The van der Waals surface area contributed by atoms with Crippen LogP contribution in [0.3, 0.4) is 0 Å². The second-order valence-electron chi connectivity index (χ2n) is 7.81. The first-order valence-electron chi connectivity index (χ1n) is 10.5. The second kappa shape index (κ2) is 10.1. The van der Waals surface area contributed by atoms with E-state index in [1.807, 2.05) is 50.2 Å². The lowest BCUT2D eigenvalue weighted by atomic mass is 10.1. The van der Waals surface area contributed by atoms with Crippen LogP contribution in [0.15, 0.2) is 72.9 Å². The van der Waals surface area contributed by atoms with E-state index in [0.29, 0.717) is 34.6 Å². The van der Waals surface area contributed by atoms with Crippen molar-refractivity contribution in [3.05, 3.63) is 111 Å². The summed E-state index contributed by atoms with van der Waals surface area (Å²) in [6.45, 7) is 5.01. The van der Waals surface area contributed by atoms with Crippen molar-refractivity contribution in [2.24, 2.45) is 0 Å². The summed E-state index contributed by atoms with van der Waals surface area (Å²) in [6.07, 6.45) is 1.80. The van der Waals surface area contributed by atoms with E-state index in [1.165, 1.54) is 0 Å².